The first kappa shape index (κ1) is 14.0. The molecule has 1 aromatic heterocycles. The molecule has 0 spiro atoms. The molecule has 0 fully saturated rings. The molecule has 2 aromatic rings. The van der Waals surface area contributed by atoms with Gasteiger partial charge in [0, 0.05) is 13.6 Å². The van der Waals surface area contributed by atoms with Gasteiger partial charge in [-0.15, -0.1) is 0 Å². The Morgan fingerprint density at radius 3 is 2.67 bits per heavy atom. The predicted molar refractivity (Wildman–Crippen MR) is 79.6 cm³/mol. The third kappa shape index (κ3) is 3.05. The van der Waals surface area contributed by atoms with E-state index < -0.39 is 0 Å². The molecule has 1 aromatic carbocycles. The fourth-order valence-electron chi connectivity index (χ4n) is 2.15. The van der Waals surface area contributed by atoms with Gasteiger partial charge >= 0.3 is 0 Å². The molecule has 0 N–H and O–H groups in total. The Hall–Kier alpha value is -1.95. The SMILES string of the molecule is CN(Cc1ccc2c(c1)OCCO2)C(=O)c1ccc(Br)o1. The summed E-state index contributed by atoms with van der Waals surface area (Å²) in [7, 11) is 1.73. The average molecular weight is 352 g/mol. The molecule has 1 aliphatic heterocycles. The van der Waals surface area contributed by atoms with Crippen LogP contribution in [-0.4, -0.2) is 31.1 Å². The quantitative estimate of drug-likeness (QED) is 0.852. The van der Waals surface area contributed by atoms with Crippen molar-refractivity contribution in [1.29, 1.82) is 0 Å². The minimum atomic E-state index is -0.171. The van der Waals surface area contributed by atoms with Gasteiger partial charge in [-0.3, -0.25) is 4.79 Å². The van der Waals surface area contributed by atoms with Gasteiger partial charge in [-0.25, -0.2) is 0 Å². The summed E-state index contributed by atoms with van der Waals surface area (Å²) in [5.41, 5.74) is 0.973. The normalized spacial score (nSPS) is 13.0. The smallest absolute Gasteiger partial charge is 0.289 e. The van der Waals surface area contributed by atoms with E-state index >= 15 is 0 Å². The first-order valence-electron chi connectivity index (χ1n) is 6.53. The molecule has 0 unspecified atom stereocenters. The molecule has 0 bridgehead atoms. The van der Waals surface area contributed by atoms with Crippen molar-refractivity contribution < 1.29 is 18.7 Å². The van der Waals surface area contributed by atoms with Crippen LogP contribution in [0.25, 0.3) is 0 Å². The summed E-state index contributed by atoms with van der Waals surface area (Å²) >= 11 is 3.19. The summed E-state index contributed by atoms with van der Waals surface area (Å²) in [4.78, 5) is 13.8. The second kappa shape index (κ2) is 5.81. The van der Waals surface area contributed by atoms with Crippen LogP contribution in [0.4, 0.5) is 0 Å². The molecule has 5 nitrogen and oxygen atoms in total. The number of amides is 1. The predicted octanol–water partition coefficient (Wildman–Crippen LogP) is 3.09. The lowest BCUT2D eigenvalue weighted by Crippen LogP contribution is -2.26. The number of carbonyl (C=O) groups excluding carboxylic acids is 1. The van der Waals surface area contributed by atoms with Gasteiger partial charge < -0.3 is 18.8 Å². The number of carbonyl (C=O) groups is 1. The number of furan rings is 1. The van der Waals surface area contributed by atoms with Crippen LogP contribution in [0.2, 0.25) is 0 Å². The van der Waals surface area contributed by atoms with Gasteiger partial charge in [-0.1, -0.05) is 6.07 Å². The van der Waals surface area contributed by atoms with E-state index in [0.717, 1.165) is 17.1 Å². The van der Waals surface area contributed by atoms with Crippen molar-refractivity contribution in [3.63, 3.8) is 0 Å². The molecule has 0 radical (unpaired) electrons. The topological polar surface area (TPSA) is 51.9 Å². The Kier molecular flexibility index (Phi) is 3.88. The zero-order valence-electron chi connectivity index (χ0n) is 11.5. The molecule has 0 atom stereocenters. The van der Waals surface area contributed by atoms with Gasteiger partial charge in [0.15, 0.2) is 21.9 Å². The average Bonchev–Trinajstić information content (AvgIpc) is 2.93. The van der Waals surface area contributed by atoms with Gasteiger partial charge in [0.1, 0.15) is 13.2 Å². The van der Waals surface area contributed by atoms with E-state index in [-0.39, 0.29) is 5.91 Å². The highest BCUT2D eigenvalue weighted by molar-refractivity contribution is 9.10. The number of nitrogens with zero attached hydrogens (tertiary/aromatic N) is 1. The van der Waals surface area contributed by atoms with E-state index in [4.69, 9.17) is 13.9 Å². The standard InChI is InChI=1S/C15H14BrNO4/c1-17(15(18)12-4-5-14(16)21-12)9-10-2-3-11-13(8-10)20-7-6-19-11/h2-5,8H,6-7,9H2,1H3. The molecule has 3 rings (SSSR count). The summed E-state index contributed by atoms with van der Waals surface area (Å²) < 4.78 is 16.8. The van der Waals surface area contributed by atoms with E-state index in [0.29, 0.717) is 30.2 Å². The molecule has 1 aliphatic rings. The Labute approximate surface area is 130 Å². The molecule has 6 heteroatoms. The highest BCUT2D eigenvalue weighted by Gasteiger charge is 2.17. The molecular formula is C15H14BrNO4. The fourth-order valence-corrected chi connectivity index (χ4v) is 2.46. The summed E-state index contributed by atoms with van der Waals surface area (Å²) in [6.07, 6.45) is 0. The first-order valence-corrected chi connectivity index (χ1v) is 7.32. The highest BCUT2D eigenvalue weighted by Crippen LogP contribution is 2.31. The zero-order valence-corrected chi connectivity index (χ0v) is 13.1. The minimum absolute atomic E-state index is 0.171. The van der Waals surface area contributed by atoms with Crippen molar-refractivity contribution in [3.8, 4) is 11.5 Å². The molecular weight excluding hydrogens is 338 g/mol. The van der Waals surface area contributed by atoms with Crippen LogP contribution < -0.4 is 9.47 Å². The fraction of sp³-hybridized carbons (Fsp3) is 0.267. The van der Waals surface area contributed by atoms with E-state index in [1.54, 1.807) is 24.1 Å². The first-order chi connectivity index (χ1) is 10.1. The monoisotopic (exact) mass is 351 g/mol. The third-order valence-corrected chi connectivity index (χ3v) is 3.58. The summed E-state index contributed by atoms with van der Waals surface area (Å²) in [6, 6.07) is 9.04. The van der Waals surface area contributed by atoms with Crippen molar-refractivity contribution in [2.75, 3.05) is 20.3 Å². The van der Waals surface area contributed by atoms with Crippen LogP contribution >= 0.6 is 15.9 Å². The van der Waals surface area contributed by atoms with E-state index in [1.807, 2.05) is 18.2 Å². The van der Waals surface area contributed by atoms with Crippen LogP contribution in [0.3, 0.4) is 0 Å². The number of hydrogen-bond donors (Lipinski definition) is 0. The minimum Gasteiger partial charge on any atom is -0.486 e. The maximum Gasteiger partial charge on any atom is 0.289 e. The Balaban J connectivity index is 1.72. The summed E-state index contributed by atoms with van der Waals surface area (Å²) in [5.74, 6) is 1.60. The molecule has 110 valence electrons. The Morgan fingerprint density at radius 2 is 1.95 bits per heavy atom. The van der Waals surface area contributed by atoms with Gasteiger partial charge in [-0.05, 0) is 45.8 Å². The van der Waals surface area contributed by atoms with E-state index in [1.165, 1.54) is 0 Å². The largest absolute Gasteiger partial charge is 0.486 e. The summed E-state index contributed by atoms with van der Waals surface area (Å²) in [6.45, 7) is 1.58. The molecule has 1 amide bonds. The van der Waals surface area contributed by atoms with Gasteiger partial charge in [0.2, 0.25) is 0 Å². The number of hydrogen-bond acceptors (Lipinski definition) is 4. The number of fused-ring (bicyclic) bond motifs is 1. The van der Waals surface area contributed by atoms with Gasteiger partial charge in [-0.2, -0.15) is 0 Å². The van der Waals surface area contributed by atoms with E-state index in [9.17, 15) is 4.79 Å². The van der Waals surface area contributed by atoms with Crippen LogP contribution in [0.1, 0.15) is 16.1 Å². The van der Waals surface area contributed by atoms with Gasteiger partial charge in [0.25, 0.3) is 5.91 Å². The van der Waals surface area contributed by atoms with Crippen molar-refractivity contribution in [2.45, 2.75) is 6.54 Å². The molecule has 0 aliphatic carbocycles. The maximum absolute atomic E-state index is 12.2. The maximum atomic E-state index is 12.2. The van der Waals surface area contributed by atoms with Crippen molar-refractivity contribution >= 4 is 21.8 Å². The van der Waals surface area contributed by atoms with E-state index in [2.05, 4.69) is 15.9 Å². The lowest BCUT2D eigenvalue weighted by Gasteiger charge is -2.20. The van der Waals surface area contributed by atoms with Crippen LogP contribution in [0.15, 0.2) is 39.4 Å². The number of rotatable bonds is 3. The highest BCUT2D eigenvalue weighted by atomic mass is 79.9. The van der Waals surface area contributed by atoms with Crippen LogP contribution in [0, 0.1) is 0 Å². The Morgan fingerprint density at radius 1 is 1.19 bits per heavy atom. The second-order valence-corrected chi connectivity index (χ2v) is 5.52. The number of ether oxygens (including phenoxy) is 2. The summed E-state index contributed by atoms with van der Waals surface area (Å²) in [5, 5.41) is 0. The Bertz CT molecular complexity index is 667. The molecule has 0 saturated carbocycles. The van der Waals surface area contributed by atoms with Crippen molar-refractivity contribution in [3.05, 3.63) is 46.3 Å². The molecule has 2 heterocycles. The molecule has 21 heavy (non-hydrogen) atoms. The van der Waals surface area contributed by atoms with Crippen LogP contribution in [-0.2, 0) is 6.54 Å². The molecule has 0 saturated heterocycles. The lowest BCUT2D eigenvalue weighted by molar-refractivity contribution is 0.0751. The van der Waals surface area contributed by atoms with Crippen molar-refractivity contribution in [2.24, 2.45) is 0 Å². The zero-order chi connectivity index (χ0) is 14.8. The number of halogens is 1. The van der Waals surface area contributed by atoms with Gasteiger partial charge in [0.05, 0.1) is 0 Å². The number of benzene rings is 1. The second-order valence-electron chi connectivity index (χ2n) is 4.74. The van der Waals surface area contributed by atoms with Crippen LogP contribution in [0.5, 0.6) is 11.5 Å². The third-order valence-electron chi connectivity index (χ3n) is 3.16. The van der Waals surface area contributed by atoms with Crippen molar-refractivity contribution in [1.82, 2.24) is 4.90 Å². The lowest BCUT2D eigenvalue weighted by atomic mass is 10.2.